The fourth-order valence-electron chi connectivity index (χ4n) is 3.18. The van der Waals surface area contributed by atoms with Crippen LogP contribution in [0.2, 0.25) is 0 Å². The van der Waals surface area contributed by atoms with Crippen LogP contribution >= 0.6 is 0 Å². The van der Waals surface area contributed by atoms with Crippen molar-refractivity contribution in [1.82, 2.24) is 10.3 Å². The molecule has 1 fully saturated rings. The fourth-order valence-corrected chi connectivity index (χ4v) is 3.18. The zero-order chi connectivity index (χ0) is 22.6. The van der Waals surface area contributed by atoms with E-state index in [-0.39, 0.29) is 30.1 Å². The molecule has 1 saturated heterocycles. The number of ether oxygens (including phenoxy) is 2. The number of alkyl halides is 3. The minimum Gasteiger partial charge on any atom is -0.460 e. The number of rotatable bonds is 6. The van der Waals surface area contributed by atoms with Gasteiger partial charge in [0.15, 0.2) is 11.6 Å². The minimum absolute atomic E-state index is 0.0125. The molecule has 0 radical (unpaired) electrons. The van der Waals surface area contributed by atoms with Crippen molar-refractivity contribution in [2.75, 3.05) is 6.54 Å². The van der Waals surface area contributed by atoms with Crippen LogP contribution in [0.25, 0.3) is 0 Å². The van der Waals surface area contributed by atoms with Gasteiger partial charge in [-0.15, -0.1) is 13.2 Å². The summed E-state index contributed by atoms with van der Waals surface area (Å²) in [6.07, 6.45) is -4.34. The zero-order valence-electron chi connectivity index (χ0n) is 15.9. The van der Waals surface area contributed by atoms with Crippen LogP contribution in [0.5, 0.6) is 5.75 Å². The van der Waals surface area contributed by atoms with Crippen LogP contribution in [0.3, 0.4) is 0 Å². The summed E-state index contributed by atoms with van der Waals surface area (Å²) in [6.45, 7) is 0.130. The lowest BCUT2D eigenvalue weighted by atomic mass is 9.91. The van der Waals surface area contributed by atoms with Crippen molar-refractivity contribution in [3.05, 3.63) is 59.4 Å². The van der Waals surface area contributed by atoms with E-state index in [9.17, 15) is 31.5 Å². The summed E-state index contributed by atoms with van der Waals surface area (Å²) in [5.41, 5.74) is -0.182. The van der Waals surface area contributed by atoms with Crippen molar-refractivity contribution in [1.29, 1.82) is 0 Å². The van der Waals surface area contributed by atoms with Crippen molar-refractivity contribution in [2.45, 2.75) is 37.6 Å². The molecule has 0 aliphatic carbocycles. The van der Waals surface area contributed by atoms with Crippen molar-refractivity contribution < 1.29 is 41.0 Å². The van der Waals surface area contributed by atoms with Crippen molar-refractivity contribution >= 4 is 11.9 Å². The molecule has 0 spiro atoms. The van der Waals surface area contributed by atoms with Crippen LogP contribution in [-0.2, 0) is 14.3 Å². The first-order valence-electron chi connectivity index (χ1n) is 9.24. The van der Waals surface area contributed by atoms with Gasteiger partial charge in [-0.1, -0.05) is 6.07 Å². The highest BCUT2D eigenvalue weighted by Gasteiger charge is 2.33. The second kappa shape index (κ2) is 9.27. The Labute approximate surface area is 173 Å². The first-order valence-corrected chi connectivity index (χ1v) is 9.24. The Bertz CT molecular complexity index is 957. The largest absolute Gasteiger partial charge is 0.573 e. The molecule has 2 atom stereocenters. The maximum Gasteiger partial charge on any atom is 0.573 e. The second-order valence-electron chi connectivity index (χ2n) is 6.82. The molecule has 6 nitrogen and oxygen atoms in total. The van der Waals surface area contributed by atoms with E-state index in [2.05, 4.69) is 15.0 Å². The van der Waals surface area contributed by atoms with Gasteiger partial charge in [0.2, 0.25) is 5.91 Å². The van der Waals surface area contributed by atoms with Gasteiger partial charge in [-0.25, -0.2) is 8.78 Å². The Morgan fingerprint density at radius 1 is 1.23 bits per heavy atom. The van der Waals surface area contributed by atoms with Crippen molar-refractivity contribution in [3.8, 4) is 5.75 Å². The topological polar surface area (TPSA) is 77.5 Å². The van der Waals surface area contributed by atoms with Gasteiger partial charge in [-0.05, 0) is 36.2 Å². The molecular formula is C20H17F5N2O4. The number of amides is 1. The van der Waals surface area contributed by atoms with E-state index in [4.69, 9.17) is 4.74 Å². The highest BCUT2D eigenvalue weighted by molar-refractivity contribution is 5.77. The molecule has 1 unspecified atom stereocenters. The number of nitrogens with zero attached hydrogens (tertiary/aromatic N) is 1. The maximum atomic E-state index is 14.4. The number of carbonyl (C=O) groups is 2. The third-order valence-corrected chi connectivity index (χ3v) is 4.59. The third-order valence-electron chi connectivity index (χ3n) is 4.59. The molecule has 11 heteroatoms. The van der Waals surface area contributed by atoms with Gasteiger partial charge in [0, 0.05) is 18.5 Å². The quantitative estimate of drug-likeness (QED) is 0.544. The molecule has 1 aliphatic heterocycles. The molecule has 0 saturated carbocycles. The predicted molar refractivity (Wildman–Crippen MR) is 95.9 cm³/mol. The zero-order valence-corrected chi connectivity index (χ0v) is 15.9. The van der Waals surface area contributed by atoms with E-state index < -0.39 is 48.2 Å². The highest BCUT2D eigenvalue weighted by Crippen LogP contribution is 2.33. The predicted octanol–water partition coefficient (Wildman–Crippen LogP) is 3.60. The number of halogens is 5. The molecular weight excluding hydrogens is 427 g/mol. The number of carbonyl (C=O) groups excluding carboxylic acids is 2. The average Bonchev–Trinajstić information content (AvgIpc) is 2.69. The van der Waals surface area contributed by atoms with E-state index in [1.54, 1.807) is 0 Å². The minimum atomic E-state index is -5.09. The summed E-state index contributed by atoms with van der Waals surface area (Å²) in [4.78, 5) is 27.6. The van der Waals surface area contributed by atoms with Crippen LogP contribution < -0.4 is 10.1 Å². The highest BCUT2D eigenvalue weighted by atomic mass is 19.4. The van der Waals surface area contributed by atoms with Crippen LogP contribution in [0, 0.1) is 11.6 Å². The number of pyridine rings is 1. The molecule has 1 amide bonds. The van der Waals surface area contributed by atoms with Gasteiger partial charge in [0.25, 0.3) is 0 Å². The molecule has 166 valence electrons. The van der Waals surface area contributed by atoms with Gasteiger partial charge in [0.1, 0.15) is 11.9 Å². The molecule has 1 aromatic heterocycles. The molecule has 0 bridgehead atoms. The number of hydrogen-bond acceptors (Lipinski definition) is 5. The number of piperidine rings is 1. The van der Waals surface area contributed by atoms with Gasteiger partial charge in [0.05, 0.1) is 18.7 Å². The van der Waals surface area contributed by atoms with Crippen molar-refractivity contribution in [3.63, 3.8) is 0 Å². The van der Waals surface area contributed by atoms with E-state index in [0.29, 0.717) is 6.42 Å². The van der Waals surface area contributed by atoms with Crippen LogP contribution in [-0.4, -0.2) is 35.9 Å². The lowest BCUT2D eigenvalue weighted by Gasteiger charge is -2.24. The number of benzene rings is 1. The lowest BCUT2D eigenvalue weighted by Crippen LogP contribution is -2.40. The Balaban J connectivity index is 1.84. The summed E-state index contributed by atoms with van der Waals surface area (Å²) in [5.74, 6) is -5.22. The molecule has 31 heavy (non-hydrogen) atoms. The van der Waals surface area contributed by atoms with Gasteiger partial charge in [-0.3, -0.25) is 14.6 Å². The Morgan fingerprint density at radius 3 is 2.61 bits per heavy atom. The fraction of sp³-hybridized carbons (Fsp3) is 0.350. The molecule has 1 aliphatic rings. The first kappa shape index (κ1) is 22.4. The summed E-state index contributed by atoms with van der Waals surface area (Å²) < 4.78 is 74.6. The summed E-state index contributed by atoms with van der Waals surface area (Å²) >= 11 is 0. The standard InChI is InChI=1S/C20H17F5N2O4/c21-14-2-1-7-26-19(14)13(9-18(29)30-12-4-6-17(28)27-10-12)11-3-5-16(15(22)8-11)31-20(23,24)25/h1-3,5,7-8,12-13H,4,6,9-10H2,(H,27,28)/t12?,13-/m0/s1. The number of hydrogen-bond donors (Lipinski definition) is 1. The summed E-state index contributed by atoms with van der Waals surface area (Å²) in [6, 6.07) is 4.98. The maximum absolute atomic E-state index is 14.4. The first-order chi connectivity index (χ1) is 14.6. The molecule has 3 rings (SSSR count). The average molecular weight is 444 g/mol. The summed E-state index contributed by atoms with van der Waals surface area (Å²) in [7, 11) is 0. The van der Waals surface area contributed by atoms with Gasteiger partial charge >= 0.3 is 12.3 Å². The molecule has 2 heterocycles. The van der Waals surface area contributed by atoms with E-state index in [0.717, 1.165) is 24.3 Å². The Morgan fingerprint density at radius 2 is 2.00 bits per heavy atom. The van der Waals surface area contributed by atoms with Crippen LogP contribution in [0.1, 0.15) is 36.4 Å². The van der Waals surface area contributed by atoms with E-state index >= 15 is 0 Å². The smallest absolute Gasteiger partial charge is 0.460 e. The number of aromatic nitrogens is 1. The normalized spacial score (nSPS) is 17.6. The Hall–Kier alpha value is -3.24. The van der Waals surface area contributed by atoms with E-state index in [1.165, 1.54) is 12.3 Å². The summed E-state index contributed by atoms with van der Waals surface area (Å²) in [5, 5.41) is 2.55. The monoisotopic (exact) mass is 444 g/mol. The lowest BCUT2D eigenvalue weighted by molar-refractivity contribution is -0.275. The van der Waals surface area contributed by atoms with Crippen LogP contribution in [0.4, 0.5) is 22.0 Å². The van der Waals surface area contributed by atoms with Gasteiger partial charge in [-0.2, -0.15) is 0 Å². The van der Waals surface area contributed by atoms with Crippen molar-refractivity contribution in [2.24, 2.45) is 0 Å². The second-order valence-corrected chi connectivity index (χ2v) is 6.82. The molecule has 1 N–H and O–H groups in total. The SMILES string of the molecule is O=C1CCC(OC(=O)C[C@@H](c2ccc(OC(F)(F)F)c(F)c2)c2ncccc2F)CN1. The number of esters is 1. The van der Waals surface area contributed by atoms with Gasteiger partial charge < -0.3 is 14.8 Å². The third kappa shape index (κ3) is 6.12. The molecule has 2 aromatic rings. The molecule has 1 aromatic carbocycles. The van der Waals surface area contributed by atoms with E-state index in [1.807, 2.05) is 0 Å². The Kier molecular flexibility index (Phi) is 6.71. The van der Waals surface area contributed by atoms with Crippen LogP contribution in [0.15, 0.2) is 36.5 Å². The number of nitrogens with one attached hydrogen (secondary N) is 1.